The molecule has 4 heteroatoms. The Morgan fingerprint density at radius 2 is 2.13 bits per heavy atom. The number of hydrogen-bond acceptors (Lipinski definition) is 2. The Bertz CT molecular complexity index is 732. The highest BCUT2D eigenvalue weighted by Crippen LogP contribution is 2.45. The van der Waals surface area contributed by atoms with Crippen molar-refractivity contribution in [2.24, 2.45) is 12.5 Å². The molecule has 1 saturated carbocycles. The monoisotopic (exact) mass is 314 g/mol. The van der Waals surface area contributed by atoms with Gasteiger partial charge in [0.1, 0.15) is 0 Å². The van der Waals surface area contributed by atoms with Crippen molar-refractivity contribution in [3.8, 4) is 0 Å². The zero-order valence-corrected chi connectivity index (χ0v) is 14.7. The van der Waals surface area contributed by atoms with Gasteiger partial charge in [-0.2, -0.15) is 0 Å². The van der Waals surface area contributed by atoms with E-state index >= 15 is 0 Å². The molecule has 0 N–H and O–H groups in total. The molecule has 0 aliphatic heterocycles. The Kier molecular flexibility index (Phi) is 3.96. The number of hydrogen-bond donors (Lipinski definition) is 0. The quantitative estimate of drug-likeness (QED) is 0.866. The zero-order chi connectivity index (χ0) is 16.8. The fraction of sp³-hybridized carbons (Fsp3) is 0.526. The zero-order valence-electron chi connectivity index (χ0n) is 14.7. The Morgan fingerprint density at radius 3 is 2.78 bits per heavy atom. The third-order valence-electron chi connectivity index (χ3n) is 5.44. The van der Waals surface area contributed by atoms with Crippen LogP contribution in [-0.2, 0) is 11.8 Å². The van der Waals surface area contributed by atoms with E-state index < -0.39 is 0 Å². The predicted octanol–water partition coefficient (Wildman–Crippen LogP) is 3.45. The summed E-state index contributed by atoms with van der Waals surface area (Å²) in [6.07, 6.45) is 3.15. The molecule has 0 radical (unpaired) electrons. The van der Waals surface area contributed by atoms with Gasteiger partial charge in [0.2, 0.25) is 0 Å². The van der Waals surface area contributed by atoms with Crippen LogP contribution in [0.25, 0.3) is 10.9 Å². The Labute approximate surface area is 138 Å². The van der Waals surface area contributed by atoms with Crippen LogP contribution >= 0.6 is 0 Å². The van der Waals surface area contributed by atoms with Crippen LogP contribution < -0.4 is 0 Å². The van der Waals surface area contributed by atoms with Crippen LogP contribution in [0.15, 0.2) is 30.5 Å². The number of nitrogens with zero attached hydrogens (tertiary/aromatic N) is 2. The van der Waals surface area contributed by atoms with Crippen LogP contribution in [0.3, 0.4) is 0 Å². The number of carbonyl (C=O) groups is 1. The number of carbonyl (C=O) groups excluding carboxylic acids is 1. The van der Waals surface area contributed by atoms with Crippen LogP contribution in [0, 0.1) is 5.41 Å². The molecule has 1 aromatic heterocycles. The summed E-state index contributed by atoms with van der Waals surface area (Å²) >= 11 is 0. The van der Waals surface area contributed by atoms with E-state index in [-0.39, 0.29) is 23.5 Å². The van der Waals surface area contributed by atoms with E-state index in [1.165, 1.54) is 0 Å². The smallest absolute Gasteiger partial charge is 0.254 e. The van der Waals surface area contributed by atoms with Crippen LogP contribution in [0.4, 0.5) is 0 Å². The third kappa shape index (κ3) is 2.45. The van der Waals surface area contributed by atoms with E-state index in [1.54, 1.807) is 0 Å². The van der Waals surface area contributed by atoms with E-state index in [0.29, 0.717) is 0 Å². The lowest BCUT2D eigenvalue weighted by Gasteiger charge is -2.54. The lowest BCUT2D eigenvalue weighted by molar-refractivity contribution is -0.136. The van der Waals surface area contributed by atoms with Gasteiger partial charge < -0.3 is 14.2 Å². The summed E-state index contributed by atoms with van der Waals surface area (Å²) in [6, 6.07) is 8.16. The number of benzene rings is 1. The molecule has 1 aromatic carbocycles. The van der Waals surface area contributed by atoms with E-state index in [9.17, 15) is 4.79 Å². The van der Waals surface area contributed by atoms with Gasteiger partial charge in [0.05, 0.1) is 6.10 Å². The first-order chi connectivity index (χ1) is 10.9. The average Bonchev–Trinajstić information content (AvgIpc) is 2.91. The molecule has 1 aliphatic rings. The molecule has 3 rings (SSSR count). The Morgan fingerprint density at radius 1 is 1.39 bits per heavy atom. The second-order valence-electron chi connectivity index (χ2n) is 7.10. The summed E-state index contributed by atoms with van der Waals surface area (Å²) in [5.41, 5.74) is 1.86. The number of aromatic nitrogens is 1. The first-order valence-corrected chi connectivity index (χ1v) is 8.30. The Hall–Kier alpha value is -1.81. The van der Waals surface area contributed by atoms with Gasteiger partial charge in [0, 0.05) is 54.8 Å². The standard InChI is InChI=1S/C19H26N2O2/c1-6-23-17-12-16(19(17,2)3)21(5)18(22)14-8-7-9-15-13(14)10-11-20(15)4/h7-11,16-17H,6,12H2,1-5H3/t16-,17+/m0/s1. The lowest BCUT2D eigenvalue weighted by Crippen LogP contribution is -2.62. The van der Waals surface area contributed by atoms with Gasteiger partial charge in [-0.3, -0.25) is 4.79 Å². The highest BCUT2D eigenvalue weighted by molar-refractivity contribution is 6.06. The maximum Gasteiger partial charge on any atom is 0.254 e. The summed E-state index contributed by atoms with van der Waals surface area (Å²) in [5.74, 6) is 0.0924. The minimum Gasteiger partial charge on any atom is -0.378 e. The highest BCUT2D eigenvalue weighted by atomic mass is 16.5. The fourth-order valence-corrected chi connectivity index (χ4v) is 3.83. The topological polar surface area (TPSA) is 34.5 Å². The minimum atomic E-state index is -0.00892. The van der Waals surface area contributed by atoms with Crippen molar-refractivity contribution in [1.82, 2.24) is 9.47 Å². The molecule has 1 fully saturated rings. The van der Waals surface area contributed by atoms with E-state index in [0.717, 1.165) is 29.5 Å². The first kappa shape index (κ1) is 16.1. The molecule has 0 unspecified atom stereocenters. The maximum atomic E-state index is 13.0. The summed E-state index contributed by atoms with van der Waals surface area (Å²) in [4.78, 5) is 14.9. The molecule has 2 atom stereocenters. The van der Waals surface area contributed by atoms with Gasteiger partial charge in [-0.15, -0.1) is 0 Å². The molecule has 0 saturated heterocycles. The van der Waals surface area contributed by atoms with Crippen molar-refractivity contribution in [2.75, 3.05) is 13.7 Å². The molecule has 4 nitrogen and oxygen atoms in total. The molecule has 1 heterocycles. The number of fused-ring (bicyclic) bond motifs is 1. The molecule has 0 bridgehead atoms. The third-order valence-corrected chi connectivity index (χ3v) is 5.44. The van der Waals surface area contributed by atoms with E-state index in [2.05, 4.69) is 13.8 Å². The molecule has 1 amide bonds. The van der Waals surface area contributed by atoms with Crippen LogP contribution in [0.5, 0.6) is 0 Å². The minimum absolute atomic E-state index is 0.00892. The molecular formula is C19H26N2O2. The molecule has 23 heavy (non-hydrogen) atoms. The van der Waals surface area contributed by atoms with Crippen molar-refractivity contribution in [3.63, 3.8) is 0 Å². The number of aryl methyl sites for hydroxylation is 1. The highest BCUT2D eigenvalue weighted by Gasteiger charge is 2.51. The normalized spacial score (nSPS) is 22.8. The fourth-order valence-electron chi connectivity index (χ4n) is 3.83. The SMILES string of the molecule is CCO[C@@H]1C[C@H](N(C)C(=O)c2cccc3c2ccn3C)C1(C)C. The van der Waals surface area contributed by atoms with Crippen molar-refractivity contribution in [3.05, 3.63) is 36.0 Å². The van der Waals surface area contributed by atoms with Crippen molar-refractivity contribution < 1.29 is 9.53 Å². The molecule has 0 spiro atoms. The van der Waals surface area contributed by atoms with Crippen molar-refractivity contribution in [1.29, 1.82) is 0 Å². The first-order valence-electron chi connectivity index (χ1n) is 8.30. The number of rotatable bonds is 4. The second kappa shape index (κ2) is 5.68. The van der Waals surface area contributed by atoms with Gasteiger partial charge >= 0.3 is 0 Å². The van der Waals surface area contributed by atoms with Gasteiger partial charge in [0.25, 0.3) is 5.91 Å². The van der Waals surface area contributed by atoms with Gasteiger partial charge in [-0.1, -0.05) is 19.9 Å². The summed E-state index contributed by atoms with van der Waals surface area (Å²) in [7, 11) is 3.92. The Balaban J connectivity index is 1.86. The largest absolute Gasteiger partial charge is 0.378 e. The van der Waals surface area contributed by atoms with Gasteiger partial charge in [-0.05, 0) is 31.5 Å². The molecule has 1 aliphatic carbocycles. The maximum absolute atomic E-state index is 13.0. The number of ether oxygens (including phenoxy) is 1. The average molecular weight is 314 g/mol. The van der Waals surface area contributed by atoms with E-state index in [1.807, 2.05) is 60.9 Å². The molecule has 2 aromatic rings. The summed E-state index contributed by atoms with van der Waals surface area (Å²) in [5, 5.41) is 1.02. The predicted molar refractivity (Wildman–Crippen MR) is 92.6 cm³/mol. The summed E-state index contributed by atoms with van der Waals surface area (Å²) in [6.45, 7) is 7.12. The van der Waals surface area contributed by atoms with Crippen LogP contribution in [0.2, 0.25) is 0 Å². The molecule has 124 valence electrons. The van der Waals surface area contributed by atoms with Crippen molar-refractivity contribution in [2.45, 2.75) is 39.3 Å². The van der Waals surface area contributed by atoms with E-state index in [4.69, 9.17) is 4.74 Å². The van der Waals surface area contributed by atoms with Gasteiger partial charge in [-0.25, -0.2) is 0 Å². The van der Waals surface area contributed by atoms with Crippen LogP contribution in [0.1, 0.15) is 37.6 Å². The second-order valence-corrected chi connectivity index (χ2v) is 7.10. The van der Waals surface area contributed by atoms with Gasteiger partial charge in [0.15, 0.2) is 0 Å². The number of amides is 1. The van der Waals surface area contributed by atoms with Crippen LogP contribution in [-0.4, -0.2) is 41.2 Å². The summed E-state index contributed by atoms with van der Waals surface area (Å²) < 4.78 is 7.84. The van der Waals surface area contributed by atoms with Crippen molar-refractivity contribution >= 4 is 16.8 Å². The lowest BCUT2D eigenvalue weighted by atomic mass is 9.63. The molecular weight excluding hydrogens is 288 g/mol.